The molecule has 0 radical (unpaired) electrons. The fourth-order valence-electron chi connectivity index (χ4n) is 2.35. The van der Waals surface area contributed by atoms with Gasteiger partial charge in [0.2, 0.25) is 0 Å². The van der Waals surface area contributed by atoms with Gasteiger partial charge in [-0.25, -0.2) is 4.79 Å². The first-order valence-electron chi connectivity index (χ1n) is 6.81. The van der Waals surface area contributed by atoms with Crippen molar-refractivity contribution >= 4 is 45.5 Å². The van der Waals surface area contributed by atoms with Crippen molar-refractivity contribution in [1.29, 1.82) is 0 Å². The molecule has 0 atom stereocenters. The number of halogens is 1. The molecule has 1 aromatic carbocycles. The van der Waals surface area contributed by atoms with Gasteiger partial charge >= 0.3 is 5.97 Å². The van der Waals surface area contributed by atoms with Gasteiger partial charge in [-0.2, -0.15) is 0 Å². The Labute approximate surface area is 140 Å². The topological polar surface area (TPSA) is 71.2 Å². The molecule has 23 heavy (non-hydrogen) atoms. The molecular formula is C16H13ClN2O3S. The summed E-state index contributed by atoms with van der Waals surface area (Å²) in [6.45, 7) is 0.493. The van der Waals surface area contributed by atoms with Crippen molar-refractivity contribution < 1.29 is 9.53 Å². The van der Waals surface area contributed by atoms with Crippen molar-refractivity contribution in [2.24, 2.45) is 0 Å². The molecule has 2 aromatic heterocycles. The smallest absolute Gasteiger partial charge is 0.345 e. The van der Waals surface area contributed by atoms with E-state index in [4.69, 9.17) is 16.3 Å². The minimum absolute atomic E-state index is 0.0566. The number of hydrogen-bond donors (Lipinski definition) is 2. The van der Waals surface area contributed by atoms with Crippen LogP contribution < -0.4 is 10.9 Å². The lowest BCUT2D eigenvalue weighted by Gasteiger charge is -2.13. The number of anilines is 1. The second kappa shape index (κ2) is 6.44. The largest absolute Gasteiger partial charge is 0.465 e. The third kappa shape index (κ3) is 2.95. The van der Waals surface area contributed by atoms with E-state index in [1.54, 1.807) is 29.5 Å². The SMILES string of the molecule is COC(=O)c1c(NCc2cccs2)c2cccc(Cl)c2[nH]c1=O. The molecule has 118 valence electrons. The number of ether oxygens (including phenoxy) is 1. The van der Waals surface area contributed by atoms with Crippen LogP contribution in [0.3, 0.4) is 0 Å². The van der Waals surface area contributed by atoms with E-state index >= 15 is 0 Å². The zero-order valence-electron chi connectivity index (χ0n) is 12.2. The molecule has 0 aliphatic rings. The highest BCUT2D eigenvalue weighted by Crippen LogP contribution is 2.29. The average molecular weight is 349 g/mol. The van der Waals surface area contributed by atoms with Crippen LogP contribution in [0.1, 0.15) is 15.2 Å². The standard InChI is InChI=1S/C16H13ClN2O3S/c1-22-16(21)12-14(18-8-9-4-3-7-23-9)10-5-2-6-11(17)13(10)19-15(12)20/h2-7H,8H2,1H3,(H2,18,19,20). The summed E-state index contributed by atoms with van der Waals surface area (Å²) in [5.74, 6) is -0.693. The number of para-hydroxylation sites is 1. The first kappa shape index (κ1) is 15.6. The lowest BCUT2D eigenvalue weighted by Crippen LogP contribution is -2.22. The van der Waals surface area contributed by atoms with Crippen LogP contribution in [0.25, 0.3) is 10.9 Å². The van der Waals surface area contributed by atoms with E-state index < -0.39 is 11.5 Å². The number of carbonyl (C=O) groups is 1. The molecular weight excluding hydrogens is 336 g/mol. The quantitative estimate of drug-likeness (QED) is 0.706. The number of pyridine rings is 1. The van der Waals surface area contributed by atoms with Crippen molar-refractivity contribution in [3.8, 4) is 0 Å². The molecule has 0 aliphatic heterocycles. The number of esters is 1. The maximum atomic E-state index is 12.3. The number of hydrogen-bond acceptors (Lipinski definition) is 5. The Bertz CT molecular complexity index is 919. The molecule has 0 aliphatic carbocycles. The summed E-state index contributed by atoms with van der Waals surface area (Å²) < 4.78 is 4.74. The number of benzene rings is 1. The van der Waals surface area contributed by atoms with Crippen molar-refractivity contribution in [2.45, 2.75) is 6.54 Å². The van der Waals surface area contributed by atoms with Crippen molar-refractivity contribution in [1.82, 2.24) is 4.98 Å². The second-order valence-corrected chi connectivity index (χ2v) is 6.23. The van der Waals surface area contributed by atoms with Crippen molar-refractivity contribution in [2.75, 3.05) is 12.4 Å². The van der Waals surface area contributed by atoms with Gasteiger partial charge in [0.15, 0.2) is 0 Å². The second-order valence-electron chi connectivity index (χ2n) is 4.79. The highest BCUT2D eigenvalue weighted by atomic mass is 35.5. The molecule has 3 rings (SSSR count). The van der Waals surface area contributed by atoms with Crippen molar-refractivity contribution in [3.63, 3.8) is 0 Å². The van der Waals surface area contributed by atoms with Gasteiger partial charge in [0, 0.05) is 16.8 Å². The average Bonchev–Trinajstić information content (AvgIpc) is 3.06. The Kier molecular flexibility index (Phi) is 4.36. The number of methoxy groups -OCH3 is 1. The maximum Gasteiger partial charge on any atom is 0.345 e. The van der Waals surface area contributed by atoms with Crippen LogP contribution >= 0.6 is 22.9 Å². The third-order valence-electron chi connectivity index (χ3n) is 3.41. The Hall–Kier alpha value is -2.31. The molecule has 0 spiro atoms. The Morgan fingerprint density at radius 2 is 2.17 bits per heavy atom. The van der Waals surface area contributed by atoms with E-state index in [1.807, 2.05) is 17.5 Å². The van der Waals surface area contributed by atoms with Crippen LogP contribution in [-0.4, -0.2) is 18.1 Å². The van der Waals surface area contributed by atoms with Gasteiger partial charge in [-0.1, -0.05) is 29.8 Å². The van der Waals surface area contributed by atoms with Crippen LogP contribution in [0.15, 0.2) is 40.5 Å². The molecule has 0 saturated heterocycles. The molecule has 0 saturated carbocycles. The molecule has 0 fully saturated rings. The predicted molar refractivity (Wildman–Crippen MR) is 92.6 cm³/mol. The van der Waals surface area contributed by atoms with Crippen molar-refractivity contribution in [3.05, 3.63) is 61.5 Å². The number of nitrogens with one attached hydrogen (secondary N) is 2. The summed E-state index contributed by atoms with van der Waals surface area (Å²) in [5, 5.41) is 6.21. The lowest BCUT2D eigenvalue weighted by molar-refractivity contribution is 0.0600. The number of rotatable bonds is 4. The summed E-state index contributed by atoms with van der Waals surface area (Å²) in [6.07, 6.45) is 0. The van der Waals surface area contributed by atoms with Gasteiger partial charge in [-0.3, -0.25) is 4.79 Å². The summed E-state index contributed by atoms with van der Waals surface area (Å²) in [4.78, 5) is 28.1. The molecule has 7 heteroatoms. The molecule has 3 aromatic rings. The summed E-state index contributed by atoms with van der Waals surface area (Å²) in [6, 6.07) is 9.15. The zero-order valence-corrected chi connectivity index (χ0v) is 13.8. The van der Waals surface area contributed by atoms with E-state index in [9.17, 15) is 9.59 Å². The molecule has 0 amide bonds. The van der Waals surface area contributed by atoms with Crippen LogP contribution in [0, 0.1) is 0 Å². The van der Waals surface area contributed by atoms with Crippen LogP contribution in [0.4, 0.5) is 5.69 Å². The van der Waals surface area contributed by atoms with Gasteiger partial charge in [0.25, 0.3) is 5.56 Å². The normalized spacial score (nSPS) is 10.7. The van der Waals surface area contributed by atoms with Gasteiger partial charge in [-0.15, -0.1) is 11.3 Å². The van der Waals surface area contributed by atoms with Gasteiger partial charge in [-0.05, 0) is 17.5 Å². The monoisotopic (exact) mass is 348 g/mol. The number of carbonyl (C=O) groups excluding carboxylic acids is 1. The summed E-state index contributed by atoms with van der Waals surface area (Å²) in [5.41, 5.74) is 0.317. The predicted octanol–water partition coefficient (Wildman–Crippen LogP) is 3.64. The Balaban J connectivity index is 2.19. The van der Waals surface area contributed by atoms with E-state index in [2.05, 4.69) is 10.3 Å². The third-order valence-corrected chi connectivity index (χ3v) is 4.60. The number of aromatic amines is 1. The molecule has 5 nitrogen and oxygen atoms in total. The van der Waals surface area contributed by atoms with Gasteiger partial charge in [0.1, 0.15) is 5.56 Å². The first-order chi connectivity index (χ1) is 11.1. The molecule has 0 bridgehead atoms. The molecule has 2 heterocycles. The number of aromatic nitrogens is 1. The minimum atomic E-state index is -0.693. The fourth-order valence-corrected chi connectivity index (χ4v) is 3.22. The Morgan fingerprint density at radius 1 is 1.35 bits per heavy atom. The Morgan fingerprint density at radius 3 is 2.87 bits per heavy atom. The highest BCUT2D eigenvalue weighted by molar-refractivity contribution is 7.09. The van der Waals surface area contributed by atoms with E-state index in [0.717, 1.165) is 4.88 Å². The van der Waals surface area contributed by atoms with Gasteiger partial charge < -0.3 is 15.0 Å². The van der Waals surface area contributed by atoms with E-state index in [1.165, 1.54) is 7.11 Å². The summed E-state index contributed by atoms with van der Waals surface area (Å²) in [7, 11) is 1.24. The van der Waals surface area contributed by atoms with Crippen LogP contribution in [-0.2, 0) is 11.3 Å². The van der Waals surface area contributed by atoms with Crippen LogP contribution in [0.5, 0.6) is 0 Å². The summed E-state index contributed by atoms with van der Waals surface area (Å²) >= 11 is 7.74. The number of H-pyrrole nitrogens is 1. The number of fused-ring (bicyclic) bond motifs is 1. The highest BCUT2D eigenvalue weighted by Gasteiger charge is 2.20. The van der Waals surface area contributed by atoms with E-state index in [0.29, 0.717) is 28.2 Å². The fraction of sp³-hybridized carbons (Fsp3) is 0.125. The lowest BCUT2D eigenvalue weighted by atomic mass is 10.1. The zero-order chi connectivity index (χ0) is 16.4. The van der Waals surface area contributed by atoms with E-state index in [-0.39, 0.29) is 5.56 Å². The number of thiophene rings is 1. The van der Waals surface area contributed by atoms with Crippen LogP contribution in [0.2, 0.25) is 5.02 Å². The van der Waals surface area contributed by atoms with Gasteiger partial charge in [0.05, 0.1) is 23.3 Å². The molecule has 2 N–H and O–H groups in total. The molecule has 0 unspecified atom stereocenters. The first-order valence-corrected chi connectivity index (χ1v) is 8.06. The minimum Gasteiger partial charge on any atom is -0.465 e. The maximum absolute atomic E-state index is 12.3.